The number of aliphatic hydroxyl groups is 1. The van der Waals surface area contributed by atoms with Crippen LogP contribution in [0.1, 0.15) is 28.8 Å². The molecule has 0 aliphatic carbocycles. The van der Waals surface area contributed by atoms with E-state index in [0.29, 0.717) is 15.4 Å². The molecule has 0 saturated carbocycles. The Bertz CT molecular complexity index is 1490. The smallest absolute Gasteiger partial charge is 0.392 e. The van der Waals surface area contributed by atoms with Crippen LogP contribution in [0, 0.1) is 0 Å². The summed E-state index contributed by atoms with van der Waals surface area (Å²) in [5, 5.41) is 30.7. The zero-order chi connectivity index (χ0) is 28.9. The molecular formula is C27H24ClF3N4O5. The molecule has 0 radical (unpaired) electrons. The summed E-state index contributed by atoms with van der Waals surface area (Å²) in [5.41, 5.74) is 3.23. The summed E-state index contributed by atoms with van der Waals surface area (Å²) < 4.78 is 41.7. The zero-order valence-corrected chi connectivity index (χ0v) is 21.6. The van der Waals surface area contributed by atoms with Crippen LogP contribution in [0.25, 0.3) is 22.2 Å². The first-order valence-electron chi connectivity index (χ1n) is 12.1. The predicted molar refractivity (Wildman–Crippen MR) is 139 cm³/mol. The lowest BCUT2D eigenvalue weighted by Crippen LogP contribution is -2.41. The molecule has 1 heterocycles. The number of esters is 1. The Hall–Kier alpha value is -4.16. The number of benzene rings is 3. The van der Waals surface area contributed by atoms with Gasteiger partial charge in [-0.3, -0.25) is 4.79 Å². The summed E-state index contributed by atoms with van der Waals surface area (Å²) in [6.07, 6.45) is -7.79. The van der Waals surface area contributed by atoms with Crippen molar-refractivity contribution in [3.63, 3.8) is 0 Å². The first-order chi connectivity index (χ1) is 19.0. The van der Waals surface area contributed by atoms with E-state index >= 15 is 0 Å². The van der Waals surface area contributed by atoms with Crippen molar-refractivity contribution in [2.45, 2.75) is 37.6 Å². The molecule has 0 bridgehead atoms. The van der Waals surface area contributed by atoms with E-state index in [4.69, 9.17) is 11.6 Å². The summed E-state index contributed by atoms with van der Waals surface area (Å²) in [5.74, 6) is -1.81. The zero-order valence-electron chi connectivity index (χ0n) is 20.8. The van der Waals surface area contributed by atoms with Gasteiger partial charge in [-0.15, -0.1) is 5.10 Å². The minimum Gasteiger partial charge on any atom is -0.463 e. The second-order valence-corrected chi connectivity index (χ2v) is 9.48. The number of nitrogens with zero attached hydrogens (tertiary/aromatic N) is 3. The molecular weight excluding hydrogens is 553 g/mol. The molecule has 0 unspecified atom stereocenters. The van der Waals surface area contributed by atoms with E-state index < -0.39 is 43.2 Å². The Morgan fingerprint density at radius 3 is 2.50 bits per heavy atom. The minimum absolute atomic E-state index is 0.147. The number of hydrogen-bond acceptors (Lipinski definition) is 7. The van der Waals surface area contributed by atoms with Crippen molar-refractivity contribution in [2.75, 3.05) is 6.61 Å². The molecule has 1 amide bonds. The van der Waals surface area contributed by atoms with Crippen molar-refractivity contribution in [3.8, 4) is 11.1 Å². The lowest BCUT2D eigenvalue weighted by molar-refractivity contribution is -0.166. The van der Waals surface area contributed by atoms with Crippen molar-refractivity contribution < 1.29 is 37.8 Å². The maximum absolute atomic E-state index is 13.0. The van der Waals surface area contributed by atoms with Crippen LogP contribution in [0.4, 0.5) is 13.2 Å². The van der Waals surface area contributed by atoms with Gasteiger partial charge in [0.1, 0.15) is 17.6 Å². The first-order valence-corrected chi connectivity index (χ1v) is 12.5. The van der Waals surface area contributed by atoms with Gasteiger partial charge in [-0.25, -0.2) is 4.79 Å². The highest BCUT2D eigenvalue weighted by Crippen LogP contribution is 2.24. The maximum atomic E-state index is 13.0. The minimum atomic E-state index is -4.51. The Balaban J connectivity index is 1.49. The van der Waals surface area contributed by atoms with Gasteiger partial charge in [0.05, 0.1) is 6.42 Å². The number of nitrogens with one attached hydrogen (secondary N) is 1. The van der Waals surface area contributed by atoms with Crippen LogP contribution < -0.4 is 5.32 Å². The van der Waals surface area contributed by atoms with Gasteiger partial charge >= 0.3 is 12.1 Å². The molecule has 0 aliphatic heterocycles. The van der Waals surface area contributed by atoms with Gasteiger partial charge in [-0.05, 0) is 58.7 Å². The number of aromatic nitrogens is 3. The number of rotatable bonds is 10. The first kappa shape index (κ1) is 28.8. The SMILES string of the molecule is O=C(N[C@H](Cc1ccc(-c2cccc(Cl)c2)cc1)C[C@@H](O)C(=O)OCCC(F)(F)F)c1ccc2nnn(O)c2c1. The fraction of sp³-hybridized carbons (Fsp3) is 0.259. The predicted octanol–water partition coefficient (Wildman–Crippen LogP) is 4.58. The van der Waals surface area contributed by atoms with Crippen LogP contribution >= 0.6 is 11.6 Å². The Kier molecular flexibility index (Phi) is 8.90. The highest BCUT2D eigenvalue weighted by molar-refractivity contribution is 6.30. The molecule has 2 atom stereocenters. The topological polar surface area (TPSA) is 127 Å². The third-order valence-electron chi connectivity index (χ3n) is 6.03. The van der Waals surface area contributed by atoms with Gasteiger partial charge in [0.25, 0.3) is 5.91 Å². The van der Waals surface area contributed by atoms with Crippen molar-refractivity contribution in [1.82, 2.24) is 20.5 Å². The van der Waals surface area contributed by atoms with Crippen LogP contribution in [0.15, 0.2) is 66.7 Å². The van der Waals surface area contributed by atoms with Crippen molar-refractivity contribution in [2.24, 2.45) is 0 Å². The summed E-state index contributed by atoms with van der Waals surface area (Å²) >= 11 is 6.08. The molecule has 0 spiro atoms. The Morgan fingerprint density at radius 1 is 1.05 bits per heavy atom. The number of halogens is 4. The Labute approximate surface area is 231 Å². The van der Waals surface area contributed by atoms with Gasteiger partial charge in [-0.2, -0.15) is 13.2 Å². The number of carbonyl (C=O) groups is 2. The van der Waals surface area contributed by atoms with Crippen LogP contribution in [-0.2, 0) is 16.0 Å². The molecule has 9 nitrogen and oxygen atoms in total. The molecule has 4 rings (SSSR count). The van der Waals surface area contributed by atoms with E-state index in [1.165, 1.54) is 18.2 Å². The number of hydrogen-bond donors (Lipinski definition) is 3. The lowest BCUT2D eigenvalue weighted by atomic mass is 9.97. The number of fused-ring (bicyclic) bond motifs is 1. The number of amides is 1. The summed E-state index contributed by atoms with van der Waals surface area (Å²) in [4.78, 5) is 25.7. The molecule has 13 heteroatoms. The normalized spacial score (nSPS) is 13.1. The average Bonchev–Trinajstić information content (AvgIpc) is 3.28. The van der Waals surface area contributed by atoms with Gasteiger partial charge in [0.2, 0.25) is 0 Å². The van der Waals surface area contributed by atoms with Gasteiger partial charge in [0, 0.05) is 23.0 Å². The monoisotopic (exact) mass is 576 g/mol. The standard InChI is InChI=1S/C27H24ClF3N4O5/c28-20-3-1-2-18(13-20)17-6-4-16(5-7-17)12-21(15-24(36)26(38)40-11-10-27(29,30)31)32-25(37)19-8-9-22-23(14-19)35(39)34-33-22/h1-9,13-14,21,24,36,39H,10-12,15H2,(H,32,37)/t21-,24-/m1/s1. The number of aliphatic hydroxyl groups excluding tert-OH is 1. The van der Waals surface area contributed by atoms with Crippen LogP contribution in [0.3, 0.4) is 0 Å². The fourth-order valence-electron chi connectivity index (χ4n) is 4.03. The van der Waals surface area contributed by atoms with E-state index in [2.05, 4.69) is 20.4 Å². The summed E-state index contributed by atoms with van der Waals surface area (Å²) in [7, 11) is 0. The molecule has 3 N–H and O–H groups in total. The second kappa shape index (κ2) is 12.3. The number of carbonyl (C=O) groups excluding carboxylic acids is 2. The highest BCUT2D eigenvalue weighted by Gasteiger charge is 2.29. The van der Waals surface area contributed by atoms with Crippen LogP contribution in [0.2, 0.25) is 5.02 Å². The van der Waals surface area contributed by atoms with Crippen molar-refractivity contribution in [3.05, 3.63) is 82.9 Å². The maximum Gasteiger partial charge on any atom is 0.392 e. The van der Waals surface area contributed by atoms with Crippen molar-refractivity contribution >= 4 is 34.5 Å². The largest absolute Gasteiger partial charge is 0.463 e. The van der Waals surface area contributed by atoms with Crippen molar-refractivity contribution in [1.29, 1.82) is 0 Å². The molecule has 0 saturated heterocycles. The molecule has 0 fully saturated rings. The Morgan fingerprint density at radius 2 is 1.80 bits per heavy atom. The summed E-state index contributed by atoms with van der Waals surface area (Å²) in [6.45, 7) is -0.926. The van der Waals surface area contributed by atoms with Crippen LogP contribution in [0.5, 0.6) is 0 Å². The average molecular weight is 577 g/mol. The van der Waals surface area contributed by atoms with E-state index in [1.807, 2.05) is 42.5 Å². The molecule has 3 aromatic carbocycles. The molecule has 1 aromatic heterocycles. The van der Waals surface area contributed by atoms with Gasteiger partial charge in [0.15, 0.2) is 6.10 Å². The van der Waals surface area contributed by atoms with E-state index in [-0.39, 0.29) is 23.9 Å². The van der Waals surface area contributed by atoms with E-state index in [9.17, 15) is 33.1 Å². The fourth-order valence-corrected chi connectivity index (χ4v) is 4.22. The lowest BCUT2D eigenvalue weighted by Gasteiger charge is -2.22. The second-order valence-electron chi connectivity index (χ2n) is 9.05. The van der Waals surface area contributed by atoms with Crippen LogP contribution in [-0.4, -0.2) is 62.3 Å². The summed E-state index contributed by atoms with van der Waals surface area (Å²) in [6, 6.07) is 18.1. The highest BCUT2D eigenvalue weighted by atomic mass is 35.5. The molecule has 4 aromatic rings. The number of ether oxygens (including phenoxy) is 1. The van der Waals surface area contributed by atoms with E-state index in [0.717, 1.165) is 16.7 Å². The third kappa shape index (κ3) is 7.70. The van der Waals surface area contributed by atoms with Gasteiger partial charge < -0.3 is 20.4 Å². The van der Waals surface area contributed by atoms with Gasteiger partial charge in [-0.1, -0.05) is 52.8 Å². The molecule has 40 heavy (non-hydrogen) atoms. The quantitative estimate of drug-likeness (QED) is 0.186. The molecule has 0 aliphatic rings. The molecule has 210 valence electrons. The number of alkyl halides is 3. The third-order valence-corrected chi connectivity index (χ3v) is 6.26. The van der Waals surface area contributed by atoms with E-state index in [1.54, 1.807) is 6.07 Å².